The predicted octanol–water partition coefficient (Wildman–Crippen LogP) is 3.17. The molecule has 0 radical (unpaired) electrons. The maximum absolute atomic E-state index is 11.1. The number of hydrogen-bond donors (Lipinski definition) is 2. The zero-order valence-corrected chi connectivity index (χ0v) is 15.8. The molecule has 3 N–H and O–H groups in total. The number of likely N-dealkylation sites (tertiary alicyclic amines) is 1. The Hall–Kier alpha value is -1.51. The van der Waals surface area contributed by atoms with E-state index in [4.69, 9.17) is 5.73 Å². The number of benzene rings is 1. The van der Waals surface area contributed by atoms with Gasteiger partial charge in [0.25, 0.3) is 0 Å². The summed E-state index contributed by atoms with van der Waals surface area (Å²) in [5.74, 6) is 0.624. The third-order valence-corrected chi connectivity index (χ3v) is 3.74. The van der Waals surface area contributed by atoms with Crippen molar-refractivity contribution >= 4 is 41.7 Å². The van der Waals surface area contributed by atoms with Gasteiger partial charge in [0.2, 0.25) is 0 Å². The zero-order valence-electron chi connectivity index (χ0n) is 13.5. The molecule has 1 fully saturated rings. The highest BCUT2D eigenvalue weighted by Gasteiger charge is 2.10. The molecule has 23 heavy (non-hydrogen) atoms. The molecule has 1 aliphatic rings. The number of anilines is 1. The zero-order chi connectivity index (χ0) is 15.8. The van der Waals surface area contributed by atoms with Gasteiger partial charge < -0.3 is 15.4 Å². The fraction of sp³-hybridized carbons (Fsp3) is 0.500. The van der Waals surface area contributed by atoms with Crippen LogP contribution in [-0.2, 0) is 11.3 Å². The molecule has 1 aromatic rings. The molecule has 0 aromatic heterocycles. The van der Waals surface area contributed by atoms with E-state index in [1.54, 1.807) is 0 Å². The summed E-state index contributed by atoms with van der Waals surface area (Å²) in [7, 11) is 1.34. The molecule has 1 aromatic carbocycles. The predicted molar refractivity (Wildman–Crippen MR) is 103 cm³/mol. The van der Waals surface area contributed by atoms with Crippen LogP contribution >= 0.6 is 24.0 Å². The number of hydrogen-bond acceptors (Lipinski definition) is 3. The van der Waals surface area contributed by atoms with Crippen molar-refractivity contribution in [2.75, 3.05) is 25.5 Å². The first kappa shape index (κ1) is 19.5. The standard InChI is InChI=1S/C16H24N4O2.HI/c1-22-16(21)19-14-8-6-13(7-9-14)12-18-15(17)20-10-4-2-3-5-11-20;/h6-9H,2-5,10-12H2,1H3,(H2,17,18)(H,19,21);1H. The number of guanidine groups is 1. The molecule has 1 amide bonds. The average molecular weight is 432 g/mol. The topological polar surface area (TPSA) is 79.9 Å². The molecule has 1 saturated heterocycles. The number of aliphatic imine (C=N–C) groups is 1. The number of nitrogens with zero attached hydrogens (tertiary/aromatic N) is 2. The highest BCUT2D eigenvalue weighted by molar-refractivity contribution is 14.0. The second-order valence-corrected chi connectivity index (χ2v) is 5.39. The minimum Gasteiger partial charge on any atom is -0.453 e. The first-order valence-corrected chi connectivity index (χ1v) is 7.68. The molecule has 0 unspecified atom stereocenters. The van der Waals surface area contributed by atoms with Crippen LogP contribution in [-0.4, -0.2) is 37.2 Å². The highest BCUT2D eigenvalue weighted by atomic mass is 127. The first-order valence-electron chi connectivity index (χ1n) is 7.68. The molecule has 1 aliphatic heterocycles. The Bertz CT molecular complexity index is 511. The number of rotatable bonds is 3. The Labute approximate surface area is 154 Å². The van der Waals surface area contributed by atoms with E-state index in [-0.39, 0.29) is 24.0 Å². The van der Waals surface area contributed by atoms with E-state index in [1.165, 1.54) is 32.8 Å². The molecular weight excluding hydrogens is 407 g/mol. The monoisotopic (exact) mass is 432 g/mol. The Morgan fingerprint density at radius 1 is 1.22 bits per heavy atom. The highest BCUT2D eigenvalue weighted by Crippen LogP contribution is 2.12. The van der Waals surface area contributed by atoms with Gasteiger partial charge in [0.05, 0.1) is 13.7 Å². The molecule has 1 heterocycles. The number of amides is 1. The normalized spacial score (nSPS) is 15.3. The Kier molecular flexibility index (Phi) is 8.75. The summed E-state index contributed by atoms with van der Waals surface area (Å²) >= 11 is 0. The van der Waals surface area contributed by atoms with Crippen LogP contribution < -0.4 is 11.1 Å². The van der Waals surface area contributed by atoms with Crippen molar-refractivity contribution in [2.45, 2.75) is 32.2 Å². The van der Waals surface area contributed by atoms with Crippen molar-refractivity contribution in [3.05, 3.63) is 29.8 Å². The molecular formula is C16H25IN4O2. The summed E-state index contributed by atoms with van der Waals surface area (Å²) in [6, 6.07) is 7.49. The molecule has 0 atom stereocenters. The molecule has 7 heteroatoms. The van der Waals surface area contributed by atoms with Gasteiger partial charge in [-0.05, 0) is 30.5 Å². The lowest BCUT2D eigenvalue weighted by Gasteiger charge is -2.21. The van der Waals surface area contributed by atoms with Gasteiger partial charge in [-0.1, -0.05) is 25.0 Å². The van der Waals surface area contributed by atoms with Gasteiger partial charge in [-0.15, -0.1) is 24.0 Å². The van der Waals surface area contributed by atoms with E-state index in [2.05, 4.69) is 19.9 Å². The van der Waals surface area contributed by atoms with Crippen LogP contribution in [0.4, 0.5) is 10.5 Å². The van der Waals surface area contributed by atoms with Gasteiger partial charge in [0.15, 0.2) is 5.96 Å². The van der Waals surface area contributed by atoms with Gasteiger partial charge in [-0.2, -0.15) is 0 Å². The molecule has 0 saturated carbocycles. The van der Waals surface area contributed by atoms with Gasteiger partial charge in [-0.3, -0.25) is 5.32 Å². The second-order valence-electron chi connectivity index (χ2n) is 5.39. The summed E-state index contributed by atoms with van der Waals surface area (Å²) in [4.78, 5) is 17.7. The van der Waals surface area contributed by atoms with Crippen LogP contribution in [0, 0.1) is 0 Å². The van der Waals surface area contributed by atoms with Crippen LogP contribution in [0.2, 0.25) is 0 Å². The van der Waals surface area contributed by atoms with E-state index in [9.17, 15) is 4.79 Å². The van der Waals surface area contributed by atoms with Crippen LogP contribution in [0.1, 0.15) is 31.2 Å². The average Bonchev–Trinajstić information content (AvgIpc) is 2.83. The molecule has 6 nitrogen and oxygen atoms in total. The fourth-order valence-electron chi connectivity index (χ4n) is 2.43. The van der Waals surface area contributed by atoms with Crippen molar-refractivity contribution in [3.8, 4) is 0 Å². The number of ether oxygens (including phenoxy) is 1. The van der Waals surface area contributed by atoms with E-state index in [0.29, 0.717) is 18.2 Å². The van der Waals surface area contributed by atoms with Crippen LogP contribution in [0.15, 0.2) is 29.3 Å². The van der Waals surface area contributed by atoms with Crippen molar-refractivity contribution in [1.29, 1.82) is 0 Å². The Balaban J connectivity index is 0.00000264. The molecule has 2 rings (SSSR count). The number of carbonyl (C=O) groups excluding carboxylic acids is 1. The summed E-state index contributed by atoms with van der Waals surface area (Å²) in [6.45, 7) is 2.54. The van der Waals surface area contributed by atoms with Gasteiger partial charge in [0, 0.05) is 18.8 Å². The maximum Gasteiger partial charge on any atom is 0.411 e. The summed E-state index contributed by atoms with van der Waals surface area (Å²) in [6.07, 6.45) is 4.45. The summed E-state index contributed by atoms with van der Waals surface area (Å²) < 4.78 is 4.55. The van der Waals surface area contributed by atoms with E-state index < -0.39 is 6.09 Å². The Morgan fingerprint density at radius 2 is 1.83 bits per heavy atom. The van der Waals surface area contributed by atoms with Gasteiger partial charge >= 0.3 is 6.09 Å². The molecule has 0 bridgehead atoms. The minimum atomic E-state index is -0.476. The largest absolute Gasteiger partial charge is 0.453 e. The lowest BCUT2D eigenvalue weighted by Crippen LogP contribution is -2.38. The number of carbonyl (C=O) groups is 1. The summed E-state index contributed by atoms with van der Waals surface area (Å²) in [5, 5.41) is 2.61. The number of nitrogens with one attached hydrogen (secondary N) is 1. The minimum absolute atomic E-state index is 0. The van der Waals surface area contributed by atoms with E-state index >= 15 is 0 Å². The molecule has 0 spiro atoms. The van der Waals surface area contributed by atoms with Crippen LogP contribution in [0.3, 0.4) is 0 Å². The molecule has 128 valence electrons. The van der Waals surface area contributed by atoms with Crippen molar-refractivity contribution < 1.29 is 9.53 Å². The lowest BCUT2D eigenvalue weighted by atomic mass is 10.2. The lowest BCUT2D eigenvalue weighted by molar-refractivity contribution is 0.187. The molecule has 0 aliphatic carbocycles. The smallest absolute Gasteiger partial charge is 0.411 e. The van der Waals surface area contributed by atoms with Crippen molar-refractivity contribution in [3.63, 3.8) is 0 Å². The van der Waals surface area contributed by atoms with E-state index in [1.807, 2.05) is 24.3 Å². The maximum atomic E-state index is 11.1. The number of methoxy groups -OCH3 is 1. The van der Waals surface area contributed by atoms with Crippen molar-refractivity contribution in [2.24, 2.45) is 10.7 Å². The van der Waals surface area contributed by atoms with E-state index in [0.717, 1.165) is 18.7 Å². The third-order valence-electron chi connectivity index (χ3n) is 3.74. The SMILES string of the molecule is COC(=O)Nc1ccc(CN=C(N)N2CCCCCC2)cc1.I. The summed E-state index contributed by atoms with van der Waals surface area (Å²) in [5.41, 5.74) is 7.83. The first-order chi connectivity index (χ1) is 10.7. The van der Waals surface area contributed by atoms with Crippen molar-refractivity contribution in [1.82, 2.24) is 4.90 Å². The fourth-order valence-corrected chi connectivity index (χ4v) is 2.43. The van der Waals surface area contributed by atoms with Gasteiger partial charge in [0.1, 0.15) is 0 Å². The Morgan fingerprint density at radius 3 is 2.39 bits per heavy atom. The van der Waals surface area contributed by atoms with Crippen LogP contribution in [0.5, 0.6) is 0 Å². The van der Waals surface area contributed by atoms with Gasteiger partial charge in [-0.25, -0.2) is 9.79 Å². The van der Waals surface area contributed by atoms with Crippen LogP contribution in [0.25, 0.3) is 0 Å². The number of halogens is 1. The third kappa shape index (κ3) is 6.64. The quantitative estimate of drug-likeness (QED) is 0.437. The second kappa shape index (κ2) is 10.3. The number of nitrogens with two attached hydrogens (primary N) is 1.